The Kier molecular flexibility index (Phi) is 5.41. The first-order chi connectivity index (χ1) is 8.04. The molecule has 5 nitrogen and oxygen atoms in total. The number of nitrogens with one attached hydrogen (secondary N) is 1. The highest BCUT2D eigenvalue weighted by molar-refractivity contribution is 5.86. The minimum Gasteiger partial charge on any atom is -0.354 e. The smallest absolute Gasteiger partial charge is 0.239 e. The van der Waals surface area contributed by atoms with Gasteiger partial charge in [0, 0.05) is 19.6 Å². The lowest BCUT2D eigenvalue weighted by Gasteiger charge is -2.25. The minimum atomic E-state index is -0.152. The molecule has 1 aliphatic heterocycles. The number of amides is 2. The summed E-state index contributed by atoms with van der Waals surface area (Å²) in [5.74, 6) is 0.239. The standard InChI is InChI=1S/C12H23N3O2/c1-9(2)6-10(7-13)12(17)15-5-3-4-14-11(16)8-15/h9-10H,3-8,13H2,1-2H3,(H,14,16). The summed E-state index contributed by atoms with van der Waals surface area (Å²) in [6.45, 7) is 5.98. The van der Waals surface area contributed by atoms with Crippen molar-refractivity contribution in [1.82, 2.24) is 10.2 Å². The first-order valence-corrected chi connectivity index (χ1v) is 6.30. The molecule has 0 saturated carbocycles. The van der Waals surface area contributed by atoms with Crippen LogP contribution in [0, 0.1) is 11.8 Å². The van der Waals surface area contributed by atoms with Crippen LogP contribution in [-0.4, -0.2) is 42.9 Å². The monoisotopic (exact) mass is 241 g/mol. The van der Waals surface area contributed by atoms with Crippen LogP contribution in [0.25, 0.3) is 0 Å². The SMILES string of the molecule is CC(C)CC(CN)C(=O)N1CCCNC(=O)C1. The molecule has 0 bridgehead atoms. The minimum absolute atomic E-state index is 0.0262. The highest BCUT2D eigenvalue weighted by Gasteiger charge is 2.26. The summed E-state index contributed by atoms with van der Waals surface area (Å²) in [6, 6.07) is 0. The quantitative estimate of drug-likeness (QED) is 0.725. The topological polar surface area (TPSA) is 75.4 Å². The van der Waals surface area contributed by atoms with Gasteiger partial charge in [0.15, 0.2) is 0 Å². The third-order valence-electron chi connectivity index (χ3n) is 2.96. The molecule has 1 unspecified atom stereocenters. The van der Waals surface area contributed by atoms with Gasteiger partial charge in [0.25, 0.3) is 0 Å². The van der Waals surface area contributed by atoms with E-state index in [1.807, 2.05) is 0 Å². The van der Waals surface area contributed by atoms with Crippen molar-refractivity contribution in [2.45, 2.75) is 26.7 Å². The zero-order valence-corrected chi connectivity index (χ0v) is 10.7. The van der Waals surface area contributed by atoms with Gasteiger partial charge in [-0.15, -0.1) is 0 Å². The second-order valence-corrected chi connectivity index (χ2v) is 5.03. The molecular weight excluding hydrogens is 218 g/mol. The Morgan fingerprint density at radius 2 is 2.24 bits per heavy atom. The van der Waals surface area contributed by atoms with Gasteiger partial charge in [-0.05, 0) is 18.8 Å². The van der Waals surface area contributed by atoms with Crippen LogP contribution in [0.1, 0.15) is 26.7 Å². The molecule has 17 heavy (non-hydrogen) atoms. The summed E-state index contributed by atoms with van der Waals surface area (Å²) in [5, 5.41) is 2.76. The Morgan fingerprint density at radius 3 is 2.82 bits per heavy atom. The molecule has 3 N–H and O–H groups in total. The van der Waals surface area contributed by atoms with E-state index in [9.17, 15) is 9.59 Å². The largest absolute Gasteiger partial charge is 0.354 e. The van der Waals surface area contributed by atoms with Crippen LogP contribution in [0.4, 0.5) is 0 Å². The average molecular weight is 241 g/mol. The molecule has 5 heteroatoms. The molecular formula is C12H23N3O2. The third kappa shape index (κ3) is 4.34. The van der Waals surface area contributed by atoms with Crippen LogP contribution < -0.4 is 11.1 Å². The lowest BCUT2D eigenvalue weighted by atomic mass is 9.96. The normalized spacial score (nSPS) is 18.8. The van der Waals surface area contributed by atoms with Crippen molar-refractivity contribution >= 4 is 11.8 Å². The average Bonchev–Trinajstić information content (AvgIpc) is 2.49. The summed E-state index contributed by atoms with van der Waals surface area (Å²) in [6.07, 6.45) is 1.60. The van der Waals surface area contributed by atoms with Crippen molar-refractivity contribution in [1.29, 1.82) is 0 Å². The van der Waals surface area contributed by atoms with Crippen molar-refractivity contribution in [3.05, 3.63) is 0 Å². The van der Waals surface area contributed by atoms with Crippen molar-refractivity contribution in [3.63, 3.8) is 0 Å². The van der Waals surface area contributed by atoms with Crippen LogP contribution in [0.3, 0.4) is 0 Å². The van der Waals surface area contributed by atoms with E-state index < -0.39 is 0 Å². The maximum Gasteiger partial charge on any atom is 0.239 e. The summed E-state index contributed by atoms with van der Waals surface area (Å²) in [5.41, 5.74) is 5.65. The van der Waals surface area contributed by atoms with Gasteiger partial charge in [0.2, 0.25) is 11.8 Å². The van der Waals surface area contributed by atoms with E-state index >= 15 is 0 Å². The van der Waals surface area contributed by atoms with Crippen LogP contribution in [-0.2, 0) is 9.59 Å². The van der Waals surface area contributed by atoms with Gasteiger partial charge < -0.3 is 16.0 Å². The maximum absolute atomic E-state index is 12.2. The zero-order valence-electron chi connectivity index (χ0n) is 10.7. The fourth-order valence-corrected chi connectivity index (χ4v) is 2.12. The number of nitrogens with zero attached hydrogens (tertiary/aromatic N) is 1. The number of hydrogen-bond donors (Lipinski definition) is 2. The van der Waals surface area contributed by atoms with Gasteiger partial charge in [-0.3, -0.25) is 9.59 Å². The highest BCUT2D eigenvalue weighted by Crippen LogP contribution is 2.14. The number of nitrogens with two attached hydrogens (primary N) is 1. The summed E-state index contributed by atoms with van der Waals surface area (Å²) < 4.78 is 0. The lowest BCUT2D eigenvalue weighted by molar-refractivity contribution is -0.138. The van der Waals surface area contributed by atoms with Crippen LogP contribution in [0.2, 0.25) is 0 Å². The predicted octanol–water partition coefficient (Wildman–Crippen LogP) is -0.0441. The van der Waals surface area contributed by atoms with Gasteiger partial charge in [0.05, 0.1) is 12.5 Å². The summed E-state index contributed by atoms with van der Waals surface area (Å²) in [7, 11) is 0. The highest BCUT2D eigenvalue weighted by atomic mass is 16.2. The Morgan fingerprint density at radius 1 is 1.53 bits per heavy atom. The first-order valence-electron chi connectivity index (χ1n) is 6.30. The van der Waals surface area contributed by atoms with Gasteiger partial charge in [0.1, 0.15) is 0 Å². The number of carbonyl (C=O) groups excluding carboxylic acids is 2. The molecule has 0 radical (unpaired) electrons. The van der Waals surface area contributed by atoms with Crippen LogP contribution >= 0.6 is 0 Å². The molecule has 0 aromatic rings. The molecule has 0 aliphatic carbocycles. The second kappa shape index (κ2) is 6.59. The van der Waals surface area contributed by atoms with E-state index in [4.69, 9.17) is 5.73 Å². The summed E-state index contributed by atoms with van der Waals surface area (Å²) >= 11 is 0. The number of hydrogen-bond acceptors (Lipinski definition) is 3. The van der Waals surface area contributed by atoms with Crippen LogP contribution in [0.5, 0.6) is 0 Å². The second-order valence-electron chi connectivity index (χ2n) is 5.03. The molecule has 1 aliphatic rings. The Labute approximate surface area is 103 Å². The summed E-state index contributed by atoms with van der Waals surface area (Å²) in [4.78, 5) is 25.3. The van der Waals surface area contributed by atoms with Crippen LogP contribution in [0.15, 0.2) is 0 Å². The van der Waals surface area contributed by atoms with Gasteiger partial charge in [-0.25, -0.2) is 0 Å². The fraction of sp³-hybridized carbons (Fsp3) is 0.833. The van der Waals surface area contributed by atoms with E-state index in [1.165, 1.54) is 0 Å². The van der Waals surface area contributed by atoms with E-state index in [0.717, 1.165) is 12.8 Å². The van der Waals surface area contributed by atoms with E-state index in [1.54, 1.807) is 4.90 Å². The number of carbonyl (C=O) groups is 2. The van der Waals surface area contributed by atoms with Crippen molar-refractivity contribution in [2.24, 2.45) is 17.6 Å². The molecule has 1 saturated heterocycles. The molecule has 1 atom stereocenters. The Bertz CT molecular complexity index is 279. The third-order valence-corrected chi connectivity index (χ3v) is 2.96. The lowest BCUT2D eigenvalue weighted by Crippen LogP contribution is -2.43. The van der Waals surface area contributed by atoms with Gasteiger partial charge >= 0.3 is 0 Å². The molecule has 1 heterocycles. The Balaban J connectivity index is 2.61. The van der Waals surface area contributed by atoms with E-state index in [2.05, 4.69) is 19.2 Å². The molecule has 2 amide bonds. The Hall–Kier alpha value is -1.10. The number of rotatable bonds is 4. The molecule has 98 valence electrons. The van der Waals surface area contributed by atoms with Crippen molar-refractivity contribution in [2.75, 3.05) is 26.2 Å². The van der Waals surface area contributed by atoms with E-state index in [0.29, 0.717) is 25.6 Å². The maximum atomic E-state index is 12.2. The predicted molar refractivity (Wildman–Crippen MR) is 66.2 cm³/mol. The van der Waals surface area contributed by atoms with Crippen molar-refractivity contribution < 1.29 is 9.59 Å². The van der Waals surface area contributed by atoms with Crippen molar-refractivity contribution in [3.8, 4) is 0 Å². The zero-order chi connectivity index (χ0) is 12.8. The van der Waals surface area contributed by atoms with Gasteiger partial charge in [-0.2, -0.15) is 0 Å². The fourth-order valence-electron chi connectivity index (χ4n) is 2.12. The molecule has 1 fully saturated rings. The molecule has 1 rings (SSSR count). The van der Waals surface area contributed by atoms with Gasteiger partial charge in [-0.1, -0.05) is 13.8 Å². The van der Waals surface area contributed by atoms with E-state index in [-0.39, 0.29) is 24.3 Å². The molecule has 0 spiro atoms. The first kappa shape index (κ1) is 14.0. The molecule has 0 aromatic heterocycles. The molecule has 0 aromatic carbocycles.